The van der Waals surface area contributed by atoms with E-state index in [-0.39, 0.29) is 0 Å². The van der Waals surface area contributed by atoms with Crippen LogP contribution in [0.15, 0.2) is 48.5 Å². The summed E-state index contributed by atoms with van der Waals surface area (Å²) in [7, 11) is 2.22. The fraction of sp³-hybridized carbons (Fsp3) is 0.250. The van der Waals surface area contributed by atoms with Gasteiger partial charge in [0.15, 0.2) is 0 Å². The fourth-order valence-electron chi connectivity index (χ4n) is 2.32. The van der Waals surface area contributed by atoms with Gasteiger partial charge in [0.25, 0.3) is 0 Å². The van der Waals surface area contributed by atoms with Crippen LogP contribution in [0.4, 0.5) is 0 Å². The molecule has 0 aliphatic rings. The van der Waals surface area contributed by atoms with Gasteiger partial charge in [0.2, 0.25) is 0 Å². The minimum absolute atomic E-state index is 0.555. The average molecular weight is 285 g/mol. The number of ether oxygens (including phenoxy) is 1. The molecule has 0 saturated carbocycles. The molecular weight excluding hydrogens is 265 g/mol. The van der Waals surface area contributed by atoms with Crippen LogP contribution in [-0.2, 0) is 13.1 Å². The Hall–Kier alpha value is -1.82. The van der Waals surface area contributed by atoms with Crippen LogP contribution in [0.5, 0.6) is 5.75 Å². The van der Waals surface area contributed by atoms with Crippen molar-refractivity contribution in [1.82, 2.24) is 4.90 Å². The smallest absolute Gasteiger partial charge is 0.488 e. The number of rotatable bonds is 6. The maximum absolute atomic E-state index is 9.39. The lowest BCUT2D eigenvalue weighted by Gasteiger charge is -2.19. The quantitative estimate of drug-likeness (QED) is 0.778. The van der Waals surface area contributed by atoms with Crippen molar-refractivity contribution in [3.05, 3.63) is 59.7 Å². The highest BCUT2D eigenvalue weighted by molar-refractivity contribution is 6.59. The monoisotopic (exact) mass is 285 g/mol. The SMILES string of the molecule is COc1ccc(CN(C)Cc2ccccc2B(O)O)cc1. The van der Waals surface area contributed by atoms with Crippen molar-refractivity contribution in [2.45, 2.75) is 13.1 Å². The third-order valence-corrected chi connectivity index (χ3v) is 3.39. The number of benzene rings is 2. The number of hydrogen-bond donors (Lipinski definition) is 2. The second-order valence-corrected chi connectivity index (χ2v) is 5.09. The minimum Gasteiger partial charge on any atom is -0.497 e. The van der Waals surface area contributed by atoms with Crippen LogP contribution >= 0.6 is 0 Å². The lowest BCUT2D eigenvalue weighted by atomic mass is 9.77. The normalized spacial score (nSPS) is 10.7. The van der Waals surface area contributed by atoms with E-state index in [0.717, 1.165) is 17.9 Å². The fourth-order valence-corrected chi connectivity index (χ4v) is 2.32. The third-order valence-electron chi connectivity index (χ3n) is 3.39. The zero-order valence-corrected chi connectivity index (χ0v) is 12.4. The van der Waals surface area contributed by atoms with Crippen LogP contribution in [-0.4, -0.2) is 36.2 Å². The minimum atomic E-state index is -1.43. The maximum atomic E-state index is 9.39. The van der Waals surface area contributed by atoms with E-state index in [2.05, 4.69) is 4.90 Å². The first-order valence-corrected chi connectivity index (χ1v) is 6.85. The number of hydrogen-bond acceptors (Lipinski definition) is 4. The van der Waals surface area contributed by atoms with Gasteiger partial charge < -0.3 is 14.8 Å². The van der Waals surface area contributed by atoms with Gasteiger partial charge in [-0.25, -0.2) is 0 Å². The molecule has 2 aromatic carbocycles. The summed E-state index contributed by atoms with van der Waals surface area (Å²) in [5.41, 5.74) is 2.66. The van der Waals surface area contributed by atoms with E-state index in [0.29, 0.717) is 12.0 Å². The van der Waals surface area contributed by atoms with Gasteiger partial charge in [-0.1, -0.05) is 36.4 Å². The molecule has 0 aliphatic carbocycles. The van der Waals surface area contributed by atoms with Crippen LogP contribution in [0, 0.1) is 0 Å². The van der Waals surface area contributed by atoms with Gasteiger partial charge in [-0.2, -0.15) is 0 Å². The van der Waals surface area contributed by atoms with E-state index >= 15 is 0 Å². The van der Waals surface area contributed by atoms with Crippen molar-refractivity contribution in [3.8, 4) is 5.75 Å². The van der Waals surface area contributed by atoms with Crippen molar-refractivity contribution in [3.63, 3.8) is 0 Å². The average Bonchev–Trinajstić information content (AvgIpc) is 2.48. The Morgan fingerprint density at radius 1 is 1.00 bits per heavy atom. The third kappa shape index (κ3) is 4.33. The highest BCUT2D eigenvalue weighted by Crippen LogP contribution is 2.13. The molecule has 21 heavy (non-hydrogen) atoms. The van der Waals surface area contributed by atoms with Gasteiger partial charge in [-0.3, -0.25) is 4.90 Å². The summed E-state index contributed by atoms with van der Waals surface area (Å²) in [6.07, 6.45) is 0. The molecule has 5 heteroatoms. The second kappa shape index (κ2) is 7.27. The first-order valence-electron chi connectivity index (χ1n) is 6.85. The first-order chi connectivity index (χ1) is 10.1. The number of methoxy groups -OCH3 is 1. The van der Waals surface area contributed by atoms with Gasteiger partial charge >= 0.3 is 7.12 Å². The predicted molar refractivity (Wildman–Crippen MR) is 84.4 cm³/mol. The molecule has 0 saturated heterocycles. The highest BCUT2D eigenvalue weighted by Gasteiger charge is 2.16. The van der Waals surface area contributed by atoms with E-state index in [1.54, 1.807) is 13.2 Å². The molecule has 4 nitrogen and oxygen atoms in total. The Balaban J connectivity index is 2.02. The molecular formula is C16H20BNO3. The Bertz CT molecular complexity index is 572. The zero-order chi connectivity index (χ0) is 15.2. The van der Waals surface area contributed by atoms with Crippen molar-refractivity contribution < 1.29 is 14.8 Å². The molecule has 0 fully saturated rings. The molecule has 0 amide bonds. The summed E-state index contributed by atoms with van der Waals surface area (Å²) < 4.78 is 5.14. The van der Waals surface area contributed by atoms with Crippen molar-refractivity contribution >= 4 is 12.6 Å². The predicted octanol–water partition coefficient (Wildman–Crippen LogP) is 1.01. The van der Waals surface area contributed by atoms with E-state index in [4.69, 9.17) is 4.74 Å². The molecule has 110 valence electrons. The highest BCUT2D eigenvalue weighted by atomic mass is 16.5. The zero-order valence-electron chi connectivity index (χ0n) is 12.4. The Labute approximate surface area is 125 Å². The van der Waals surface area contributed by atoms with Crippen LogP contribution < -0.4 is 10.2 Å². The summed E-state index contributed by atoms with van der Waals surface area (Å²) >= 11 is 0. The largest absolute Gasteiger partial charge is 0.497 e. The Morgan fingerprint density at radius 2 is 1.67 bits per heavy atom. The molecule has 2 N–H and O–H groups in total. The summed E-state index contributed by atoms with van der Waals surface area (Å²) in [6.45, 7) is 1.43. The molecule has 0 atom stereocenters. The lowest BCUT2D eigenvalue weighted by Crippen LogP contribution is -2.34. The molecule has 0 bridgehead atoms. The Morgan fingerprint density at radius 3 is 2.29 bits per heavy atom. The topological polar surface area (TPSA) is 52.9 Å². The van der Waals surface area contributed by atoms with Crippen molar-refractivity contribution in [1.29, 1.82) is 0 Å². The van der Waals surface area contributed by atoms with E-state index in [9.17, 15) is 10.0 Å². The molecule has 0 unspecified atom stereocenters. The van der Waals surface area contributed by atoms with E-state index in [1.165, 1.54) is 5.56 Å². The van der Waals surface area contributed by atoms with Crippen molar-refractivity contribution in [2.75, 3.05) is 14.2 Å². The summed E-state index contributed by atoms with van der Waals surface area (Å²) in [4.78, 5) is 2.13. The summed E-state index contributed by atoms with van der Waals surface area (Å²) in [6, 6.07) is 15.3. The molecule has 0 aromatic heterocycles. The van der Waals surface area contributed by atoms with E-state index < -0.39 is 7.12 Å². The summed E-state index contributed by atoms with van der Waals surface area (Å²) in [5.74, 6) is 0.843. The van der Waals surface area contributed by atoms with Gasteiger partial charge in [-0.15, -0.1) is 0 Å². The molecule has 2 aromatic rings. The molecule has 0 spiro atoms. The standard InChI is InChI=1S/C16H20BNO3/c1-18(11-13-7-9-15(21-2)10-8-13)12-14-5-3-4-6-16(14)17(19)20/h3-10,19-20H,11-12H2,1-2H3. The number of nitrogens with zero attached hydrogens (tertiary/aromatic N) is 1. The molecule has 0 heterocycles. The lowest BCUT2D eigenvalue weighted by molar-refractivity contribution is 0.319. The second-order valence-electron chi connectivity index (χ2n) is 5.09. The van der Waals surface area contributed by atoms with Crippen molar-refractivity contribution in [2.24, 2.45) is 0 Å². The van der Waals surface area contributed by atoms with Gasteiger partial charge in [-0.05, 0) is 35.8 Å². The maximum Gasteiger partial charge on any atom is 0.488 e. The molecule has 2 rings (SSSR count). The van der Waals surface area contributed by atoms with Gasteiger partial charge in [0.05, 0.1) is 7.11 Å². The summed E-state index contributed by atoms with van der Waals surface area (Å²) in [5, 5.41) is 18.8. The van der Waals surface area contributed by atoms with Crippen LogP contribution in [0.3, 0.4) is 0 Å². The van der Waals surface area contributed by atoms with Crippen LogP contribution in [0.2, 0.25) is 0 Å². The first kappa shape index (κ1) is 15.6. The van der Waals surface area contributed by atoms with Gasteiger partial charge in [0, 0.05) is 13.1 Å². The van der Waals surface area contributed by atoms with Gasteiger partial charge in [0.1, 0.15) is 5.75 Å². The molecule has 0 aliphatic heterocycles. The Kier molecular flexibility index (Phi) is 5.39. The van der Waals surface area contributed by atoms with E-state index in [1.807, 2.05) is 49.5 Å². The van der Waals surface area contributed by atoms with Crippen LogP contribution in [0.25, 0.3) is 0 Å². The molecule has 0 radical (unpaired) electrons. The van der Waals surface area contributed by atoms with Crippen LogP contribution in [0.1, 0.15) is 11.1 Å².